The second kappa shape index (κ2) is 6.20. The molecule has 1 aromatic heterocycles. The molecule has 0 radical (unpaired) electrons. The van der Waals surface area contributed by atoms with Gasteiger partial charge in [-0.2, -0.15) is 0 Å². The maximum Gasteiger partial charge on any atom is 0.219 e. The van der Waals surface area contributed by atoms with Gasteiger partial charge in [-0.25, -0.2) is 4.98 Å². The average molecular weight is 258 g/mol. The first-order valence-corrected chi connectivity index (χ1v) is 6.18. The molecule has 0 bridgehead atoms. The van der Waals surface area contributed by atoms with Gasteiger partial charge in [-0.1, -0.05) is 12.1 Å². The summed E-state index contributed by atoms with van der Waals surface area (Å²) in [6, 6.07) is 11.7. The van der Waals surface area contributed by atoms with Gasteiger partial charge in [0.25, 0.3) is 0 Å². The van der Waals surface area contributed by atoms with Gasteiger partial charge in [0.1, 0.15) is 0 Å². The molecule has 19 heavy (non-hydrogen) atoms. The van der Waals surface area contributed by atoms with Crippen molar-refractivity contribution < 1.29 is 9.47 Å². The van der Waals surface area contributed by atoms with E-state index in [2.05, 4.69) is 17.2 Å². The molecule has 2 aromatic rings. The van der Waals surface area contributed by atoms with Crippen molar-refractivity contribution in [2.45, 2.75) is 13.0 Å². The van der Waals surface area contributed by atoms with Gasteiger partial charge >= 0.3 is 0 Å². The fourth-order valence-corrected chi connectivity index (χ4v) is 1.73. The molecular weight excluding hydrogens is 240 g/mol. The van der Waals surface area contributed by atoms with Crippen molar-refractivity contribution in [2.24, 2.45) is 0 Å². The van der Waals surface area contributed by atoms with E-state index in [4.69, 9.17) is 9.47 Å². The van der Waals surface area contributed by atoms with Gasteiger partial charge in [-0.05, 0) is 37.7 Å². The maximum atomic E-state index is 5.77. The average Bonchev–Trinajstić information content (AvgIpc) is 2.47. The first kappa shape index (κ1) is 13.4. The highest BCUT2D eigenvalue weighted by Crippen LogP contribution is 2.30. The topological polar surface area (TPSA) is 43.4 Å². The highest BCUT2D eigenvalue weighted by atomic mass is 16.5. The Morgan fingerprint density at radius 3 is 2.58 bits per heavy atom. The summed E-state index contributed by atoms with van der Waals surface area (Å²) in [6.45, 7) is 2.09. The fourth-order valence-electron chi connectivity index (χ4n) is 1.73. The van der Waals surface area contributed by atoms with E-state index in [0.29, 0.717) is 17.4 Å². The monoisotopic (exact) mass is 258 g/mol. The number of nitrogens with zero attached hydrogens (tertiary/aromatic N) is 1. The third kappa shape index (κ3) is 3.23. The predicted molar refractivity (Wildman–Crippen MR) is 74.8 cm³/mol. The molecule has 0 aliphatic rings. The predicted octanol–water partition coefficient (Wildman–Crippen LogP) is 3.16. The van der Waals surface area contributed by atoms with Gasteiger partial charge in [-0.3, -0.25) is 0 Å². The van der Waals surface area contributed by atoms with E-state index in [0.717, 1.165) is 5.56 Å². The van der Waals surface area contributed by atoms with Crippen LogP contribution in [0.5, 0.6) is 17.4 Å². The third-order valence-electron chi connectivity index (χ3n) is 2.98. The van der Waals surface area contributed by atoms with Gasteiger partial charge in [0.05, 0.1) is 7.11 Å². The molecule has 0 amide bonds. The number of hydrogen-bond donors (Lipinski definition) is 1. The molecule has 0 aliphatic carbocycles. The van der Waals surface area contributed by atoms with E-state index in [1.807, 2.05) is 43.4 Å². The second-order valence-corrected chi connectivity index (χ2v) is 4.19. The number of para-hydroxylation sites is 2. The fraction of sp³-hybridized carbons (Fsp3) is 0.267. The summed E-state index contributed by atoms with van der Waals surface area (Å²) in [5.74, 6) is 1.91. The lowest BCUT2D eigenvalue weighted by molar-refractivity contribution is 0.374. The molecule has 100 valence electrons. The Morgan fingerprint density at radius 2 is 1.89 bits per heavy atom. The number of aromatic nitrogens is 1. The second-order valence-electron chi connectivity index (χ2n) is 4.19. The lowest BCUT2D eigenvalue weighted by atomic mass is 10.1. The van der Waals surface area contributed by atoms with Crippen molar-refractivity contribution in [3.05, 3.63) is 48.2 Å². The van der Waals surface area contributed by atoms with Crippen LogP contribution in [0.15, 0.2) is 42.6 Å². The van der Waals surface area contributed by atoms with Gasteiger partial charge in [0, 0.05) is 18.3 Å². The highest BCUT2D eigenvalue weighted by molar-refractivity contribution is 5.41. The van der Waals surface area contributed by atoms with Crippen LogP contribution < -0.4 is 14.8 Å². The molecule has 0 fully saturated rings. The Labute approximate surface area is 113 Å². The third-order valence-corrected chi connectivity index (χ3v) is 2.98. The number of ether oxygens (including phenoxy) is 2. The molecule has 4 nitrogen and oxygen atoms in total. The van der Waals surface area contributed by atoms with Crippen LogP contribution in [0.3, 0.4) is 0 Å². The number of pyridine rings is 1. The van der Waals surface area contributed by atoms with Crippen LogP contribution in [-0.2, 0) is 0 Å². The van der Waals surface area contributed by atoms with Gasteiger partial charge in [-0.15, -0.1) is 0 Å². The van der Waals surface area contributed by atoms with Gasteiger partial charge in [0.15, 0.2) is 11.5 Å². The molecule has 0 saturated carbocycles. The van der Waals surface area contributed by atoms with E-state index >= 15 is 0 Å². The van der Waals surface area contributed by atoms with Crippen molar-refractivity contribution >= 4 is 0 Å². The number of rotatable bonds is 5. The molecule has 4 heteroatoms. The van der Waals surface area contributed by atoms with Crippen LogP contribution in [0, 0.1) is 0 Å². The summed E-state index contributed by atoms with van der Waals surface area (Å²) >= 11 is 0. The zero-order valence-corrected chi connectivity index (χ0v) is 11.4. The normalized spacial score (nSPS) is 11.9. The SMILES string of the molecule is CNC(C)c1ccnc(Oc2ccccc2OC)c1. The lowest BCUT2D eigenvalue weighted by Crippen LogP contribution is -2.12. The van der Waals surface area contributed by atoms with Crippen molar-refractivity contribution in [3.8, 4) is 17.4 Å². The largest absolute Gasteiger partial charge is 0.493 e. The minimum atomic E-state index is 0.253. The number of methoxy groups -OCH3 is 1. The Balaban J connectivity index is 2.23. The molecule has 0 saturated heterocycles. The smallest absolute Gasteiger partial charge is 0.219 e. The molecule has 1 aromatic carbocycles. The highest BCUT2D eigenvalue weighted by Gasteiger charge is 2.08. The van der Waals surface area contributed by atoms with Crippen molar-refractivity contribution in [3.63, 3.8) is 0 Å². The maximum absolute atomic E-state index is 5.77. The van der Waals surface area contributed by atoms with Gasteiger partial charge < -0.3 is 14.8 Å². The van der Waals surface area contributed by atoms with Crippen LogP contribution in [0.2, 0.25) is 0 Å². The van der Waals surface area contributed by atoms with Crippen LogP contribution in [0.4, 0.5) is 0 Å². The quantitative estimate of drug-likeness (QED) is 0.894. The molecule has 0 aliphatic heterocycles. The minimum absolute atomic E-state index is 0.253. The van der Waals surface area contributed by atoms with Crippen molar-refractivity contribution in [1.82, 2.24) is 10.3 Å². The summed E-state index contributed by atoms with van der Waals surface area (Å²) in [4.78, 5) is 4.22. The van der Waals surface area contributed by atoms with E-state index in [1.165, 1.54) is 0 Å². The van der Waals surface area contributed by atoms with E-state index in [1.54, 1.807) is 13.3 Å². The zero-order valence-electron chi connectivity index (χ0n) is 11.4. The summed E-state index contributed by atoms with van der Waals surface area (Å²) in [5, 5.41) is 3.19. The standard InChI is InChI=1S/C15H18N2O2/c1-11(16-2)12-8-9-17-15(10-12)19-14-7-5-4-6-13(14)18-3/h4-11,16H,1-3H3. The van der Waals surface area contributed by atoms with Crippen LogP contribution in [0.25, 0.3) is 0 Å². The first-order chi connectivity index (χ1) is 9.24. The molecule has 2 rings (SSSR count). The molecule has 1 unspecified atom stereocenters. The summed E-state index contributed by atoms with van der Waals surface area (Å²) in [7, 11) is 3.54. The Morgan fingerprint density at radius 1 is 1.16 bits per heavy atom. The lowest BCUT2D eigenvalue weighted by Gasteiger charge is -2.13. The number of benzene rings is 1. The minimum Gasteiger partial charge on any atom is -0.493 e. The van der Waals surface area contributed by atoms with E-state index < -0.39 is 0 Å². The Kier molecular flexibility index (Phi) is 4.36. The zero-order chi connectivity index (χ0) is 13.7. The Bertz CT molecular complexity index is 543. The number of nitrogens with one attached hydrogen (secondary N) is 1. The summed E-state index contributed by atoms with van der Waals surface area (Å²) in [6.07, 6.45) is 1.74. The summed E-state index contributed by atoms with van der Waals surface area (Å²) in [5.41, 5.74) is 1.13. The van der Waals surface area contributed by atoms with Crippen LogP contribution >= 0.6 is 0 Å². The molecule has 0 spiro atoms. The van der Waals surface area contributed by atoms with Gasteiger partial charge in [0.2, 0.25) is 5.88 Å². The molecular formula is C15H18N2O2. The molecule has 1 heterocycles. The van der Waals surface area contributed by atoms with E-state index in [-0.39, 0.29) is 6.04 Å². The van der Waals surface area contributed by atoms with Crippen molar-refractivity contribution in [2.75, 3.05) is 14.2 Å². The molecule has 1 N–H and O–H groups in total. The van der Waals surface area contributed by atoms with Crippen molar-refractivity contribution in [1.29, 1.82) is 0 Å². The van der Waals surface area contributed by atoms with E-state index in [9.17, 15) is 0 Å². The van der Waals surface area contributed by atoms with Crippen LogP contribution in [0.1, 0.15) is 18.5 Å². The number of hydrogen-bond acceptors (Lipinski definition) is 4. The molecule has 1 atom stereocenters. The first-order valence-electron chi connectivity index (χ1n) is 6.18. The summed E-state index contributed by atoms with van der Waals surface area (Å²) < 4.78 is 11.0. The Hall–Kier alpha value is -2.07. The van der Waals surface area contributed by atoms with Crippen LogP contribution in [-0.4, -0.2) is 19.1 Å².